The highest BCUT2D eigenvalue weighted by molar-refractivity contribution is 5.95. The van der Waals surface area contributed by atoms with Crippen molar-refractivity contribution in [1.82, 2.24) is 0 Å². The zero-order valence-corrected chi connectivity index (χ0v) is 11.9. The molecule has 1 unspecified atom stereocenters. The zero-order chi connectivity index (χ0) is 14.8. The highest BCUT2D eigenvalue weighted by Crippen LogP contribution is 2.35. The van der Waals surface area contributed by atoms with Crippen molar-refractivity contribution < 1.29 is 9.53 Å². The zero-order valence-electron chi connectivity index (χ0n) is 11.9. The summed E-state index contributed by atoms with van der Waals surface area (Å²) < 4.78 is 5.67. The lowest BCUT2D eigenvalue weighted by Gasteiger charge is -2.28. The number of para-hydroxylation sites is 1. The Morgan fingerprint density at radius 3 is 2.86 bits per heavy atom. The van der Waals surface area contributed by atoms with Crippen molar-refractivity contribution in [2.45, 2.75) is 19.4 Å². The summed E-state index contributed by atoms with van der Waals surface area (Å²) >= 11 is 0. The third kappa shape index (κ3) is 2.57. The van der Waals surface area contributed by atoms with Gasteiger partial charge in [0.1, 0.15) is 5.75 Å². The molecule has 0 saturated heterocycles. The van der Waals surface area contributed by atoms with Crippen LogP contribution in [0.15, 0.2) is 42.5 Å². The summed E-state index contributed by atoms with van der Waals surface area (Å²) in [5.74, 6) is 0.522. The van der Waals surface area contributed by atoms with E-state index in [1.807, 2.05) is 37.3 Å². The van der Waals surface area contributed by atoms with Gasteiger partial charge in [0.25, 0.3) is 0 Å². The Morgan fingerprint density at radius 1 is 1.24 bits per heavy atom. The van der Waals surface area contributed by atoms with E-state index in [2.05, 4.69) is 11.4 Å². The number of rotatable bonds is 3. The first-order valence-electron chi connectivity index (χ1n) is 7.04. The molecule has 0 bridgehead atoms. The minimum atomic E-state index is -0.400. The molecule has 3 rings (SSSR count). The molecular formula is C17H18N2O2. The normalized spacial score (nSPS) is 16.7. The summed E-state index contributed by atoms with van der Waals surface area (Å²) in [6, 6.07) is 13.8. The summed E-state index contributed by atoms with van der Waals surface area (Å²) in [4.78, 5) is 11.4. The number of hydrogen-bond acceptors (Lipinski definition) is 3. The van der Waals surface area contributed by atoms with Gasteiger partial charge in [-0.15, -0.1) is 0 Å². The Balaban J connectivity index is 1.92. The summed E-state index contributed by atoms with van der Waals surface area (Å²) in [5.41, 5.74) is 8.93. The molecule has 108 valence electrons. The SMILES string of the molecule is Cc1c(NC2CCOc3ccccc32)cccc1C(N)=O. The number of primary amides is 1. The maximum absolute atomic E-state index is 11.4. The van der Waals surface area contributed by atoms with Crippen LogP contribution in [0, 0.1) is 6.92 Å². The maximum atomic E-state index is 11.4. The van der Waals surface area contributed by atoms with E-state index in [1.165, 1.54) is 0 Å². The van der Waals surface area contributed by atoms with E-state index in [4.69, 9.17) is 10.5 Å². The second-order valence-corrected chi connectivity index (χ2v) is 5.21. The van der Waals surface area contributed by atoms with Gasteiger partial charge in [0.05, 0.1) is 12.6 Å². The van der Waals surface area contributed by atoms with Gasteiger partial charge in [-0.1, -0.05) is 24.3 Å². The van der Waals surface area contributed by atoms with Gasteiger partial charge in [0.15, 0.2) is 0 Å². The summed E-state index contributed by atoms with van der Waals surface area (Å²) in [6.45, 7) is 2.59. The molecule has 0 aliphatic carbocycles. The van der Waals surface area contributed by atoms with E-state index in [9.17, 15) is 4.79 Å². The molecule has 0 radical (unpaired) electrons. The largest absolute Gasteiger partial charge is 0.493 e. The first-order chi connectivity index (χ1) is 10.2. The number of hydrogen-bond donors (Lipinski definition) is 2. The van der Waals surface area contributed by atoms with Gasteiger partial charge >= 0.3 is 0 Å². The van der Waals surface area contributed by atoms with E-state index in [-0.39, 0.29) is 6.04 Å². The van der Waals surface area contributed by atoms with Gasteiger partial charge in [0, 0.05) is 23.2 Å². The predicted octanol–water partition coefficient (Wildman–Crippen LogP) is 3.03. The third-order valence-electron chi connectivity index (χ3n) is 3.89. The molecule has 1 heterocycles. The number of carbonyl (C=O) groups is 1. The second-order valence-electron chi connectivity index (χ2n) is 5.21. The van der Waals surface area contributed by atoms with Crippen molar-refractivity contribution in [1.29, 1.82) is 0 Å². The smallest absolute Gasteiger partial charge is 0.249 e. The van der Waals surface area contributed by atoms with E-state index < -0.39 is 5.91 Å². The second kappa shape index (κ2) is 5.48. The number of anilines is 1. The number of amides is 1. The molecule has 0 aromatic heterocycles. The van der Waals surface area contributed by atoms with E-state index in [0.29, 0.717) is 12.2 Å². The Hall–Kier alpha value is -2.49. The number of benzene rings is 2. The first kappa shape index (κ1) is 13.5. The average Bonchev–Trinajstić information content (AvgIpc) is 2.49. The van der Waals surface area contributed by atoms with Gasteiger partial charge in [-0.2, -0.15) is 0 Å². The number of nitrogens with one attached hydrogen (secondary N) is 1. The lowest BCUT2D eigenvalue weighted by Crippen LogP contribution is -2.21. The number of carbonyl (C=O) groups excluding carboxylic acids is 1. The fourth-order valence-corrected chi connectivity index (χ4v) is 2.74. The van der Waals surface area contributed by atoms with E-state index in [0.717, 1.165) is 29.0 Å². The number of fused-ring (bicyclic) bond motifs is 1. The fourth-order valence-electron chi connectivity index (χ4n) is 2.74. The highest BCUT2D eigenvalue weighted by Gasteiger charge is 2.21. The molecule has 4 heteroatoms. The molecular weight excluding hydrogens is 264 g/mol. The van der Waals surface area contributed by atoms with Crippen molar-refractivity contribution in [3.05, 3.63) is 59.2 Å². The molecule has 3 N–H and O–H groups in total. The maximum Gasteiger partial charge on any atom is 0.249 e. The summed E-state index contributed by atoms with van der Waals surface area (Å²) in [5, 5.41) is 3.51. The van der Waals surface area contributed by atoms with Crippen LogP contribution in [0.4, 0.5) is 5.69 Å². The Morgan fingerprint density at radius 2 is 2.05 bits per heavy atom. The molecule has 0 saturated carbocycles. The molecule has 1 atom stereocenters. The van der Waals surface area contributed by atoms with E-state index >= 15 is 0 Å². The van der Waals surface area contributed by atoms with Crippen LogP contribution >= 0.6 is 0 Å². The van der Waals surface area contributed by atoms with Crippen molar-refractivity contribution in [3.63, 3.8) is 0 Å². The van der Waals surface area contributed by atoms with Gasteiger partial charge < -0.3 is 15.8 Å². The van der Waals surface area contributed by atoms with Crippen LogP contribution in [0.5, 0.6) is 5.75 Å². The first-order valence-corrected chi connectivity index (χ1v) is 7.04. The van der Waals surface area contributed by atoms with Crippen LogP contribution in [-0.4, -0.2) is 12.5 Å². The quantitative estimate of drug-likeness (QED) is 0.909. The number of ether oxygens (including phenoxy) is 1. The fraction of sp³-hybridized carbons (Fsp3) is 0.235. The Kier molecular flexibility index (Phi) is 3.52. The minimum Gasteiger partial charge on any atom is -0.493 e. The van der Waals surface area contributed by atoms with Crippen LogP contribution in [0.2, 0.25) is 0 Å². The van der Waals surface area contributed by atoms with Crippen molar-refractivity contribution in [3.8, 4) is 5.75 Å². The molecule has 2 aromatic rings. The lowest BCUT2D eigenvalue weighted by molar-refractivity contribution is 0.0999. The van der Waals surface area contributed by atoms with Crippen molar-refractivity contribution in [2.75, 3.05) is 11.9 Å². The van der Waals surface area contributed by atoms with Gasteiger partial charge in [-0.3, -0.25) is 4.79 Å². The summed E-state index contributed by atoms with van der Waals surface area (Å²) in [6.07, 6.45) is 0.886. The molecule has 1 aliphatic heterocycles. The highest BCUT2D eigenvalue weighted by atomic mass is 16.5. The standard InChI is InChI=1S/C17H18N2O2/c1-11-12(17(18)20)6-4-7-14(11)19-15-9-10-21-16-8-3-2-5-13(15)16/h2-8,15,19H,9-10H2,1H3,(H2,18,20). The predicted molar refractivity (Wildman–Crippen MR) is 82.6 cm³/mol. The topological polar surface area (TPSA) is 64.3 Å². The minimum absolute atomic E-state index is 0.178. The van der Waals surface area contributed by atoms with Gasteiger partial charge in [0.2, 0.25) is 5.91 Å². The molecule has 0 fully saturated rings. The molecule has 21 heavy (non-hydrogen) atoms. The molecule has 2 aromatic carbocycles. The van der Waals surface area contributed by atoms with Crippen LogP contribution in [0.1, 0.15) is 33.9 Å². The van der Waals surface area contributed by atoms with Crippen LogP contribution in [0.3, 0.4) is 0 Å². The van der Waals surface area contributed by atoms with Gasteiger partial charge in [-0.25, -0.2) is 0 Å². The summed E-state index contributed by atoms with van der Waals surface area (Å²) in [7, 11) is 0. The molecule has 4 nitrogen and oxygen atoms in total. The lowest BCUT2D eigenvalue weighted by atomic mass is 9.99. The van der Waals surface area contributed by atoms with Crippen LogP contribution in [0.25, 0.3) is 0 Å². The molecule has 1 aliphatic rings. The average molecular weight is 282 g/mol. The monoisotopic (exact) mass is 282 g/mol. The van der Waals surface area contributed by atoms with Crippen molar-refractivity contribution >= 4 is 11.6 Å². The number of nitrogens with two attached hydrogens (primary N) is 1. The van der Waals surface area contributed by atoms with Crippen LogP contribution in [-0.2, 0) is 0 Å². The van der Waals surface area contributed by atoms with E-state index in [1.54, 1.807) is 6.07 Å². The van der Waals surface area contributed by atoms with Crippen molar-refractivity contribution in [2.24, 2.45) is 5.73 Å². The molecule has 1 amide bonds. The third-order valence-corrected chi connectivity index (χ3v) is 3.89. The van der Waals surface area contributed by atoms with Gasteiger partial charge in [-0.05, 0) is 30.7 Å². The van der Waals surface area contributed by atoms with Crippen LogP contribution < -0.4 is 15.8 Å². The molecule has 0 spiro atoms. The Bertz CT molecular complexity index is 682. The Labute approximate surface area is 123 Å².